The van der Waals surface area contributed by atoms with Crippen molar-refractivity contribution in [2.24, 2.45) is 0 Å². The first-order chi connectivity index (χ1) is 6.18. The van der Waals surface area contributed by atoms with E-state index >= 15 is 0 Å². The normalized spacial score (nSPS) is 22.9. The molecule has 13 heavy (non-hydrogen) atoms. The summed E-state index contributed by atoms with van der Waals surface area (Å²) in [5, 5.41) is 1.28. The van der Waals surface area contributed by atoms with Crippen molar-refractivity contribution in [1.29, 1.82) is 0 Å². The molecule has 0 N–H and O–H groups in total. The lowest BCUT2D eigenvalue weighted by Gasteiger charge is -2.25. The molecule has 2 heterocycles. The Morgan fingerprint density at radius 3 is 3.15 bits per heavy atom. The van der Waals surface area contributed by atoms with Gasteiger partial charge in [-0.25, -0.2) is 4.98 Å². The first-order valence-corrected chi connectivity index (χ1v) is 5.84. The highest BCUT2D eigenvalue weighted by molar-refractivity contribution is 8.14. The Morgan fingerprint density at radius 1 is 1.69 bits per heavy atom. The number of nitrogens with zero attached hydrogens (tertiary/aromatic N) is 2. The monoisotopic (exact) mass is 196 g/mol. The Labute approximate surface area is 79.3 Å². The Kier molecular flexibility index (Phi) is 2.00. The van der Waals surface area contributed by atoms with Crippen LogP contribution in [0.4, 0.5) is 0 Å². The maximum atomic E-state index is 5.20. The number of hydrogen-bond acceptors (Lipinski definition) is 3. The van der Waals surface area contributed by atoms with Crippen molar-refractivity contribution in [1.82, 2.24) is 9.88 Å². The molecule has 2 rings (SSSR count). The van der Waals surface area contributed by atoms with Gasteiger partial charge in [0.15, 0.2) is 11.8 Å². The second kappa shape index (κ2) is 3.03. The Balaban J connectivity index is 2.57. The van der Waals surface area contributed by atoms with Crippen molar-refractivity contribution in [3.8, 4) is 0 Å². The van der Waals surface area contributed by atoms with Crippen LogP contribution in [-0.4, -0.2) is 34.4 Å². The third-order valence-electron chi connectivity index (χ3n) is 2.06. The Morgan fingerprint density at radius 2 is 2.46 bits per heavy atom. The summed E-state index contributed by atoms with van der Waals surface area (Å²) >= 11 is 0. The lowest BCUT2D eigenvalue weighted by atomic mass is 10.4. The van der Waals surface area contributed by atoms with E-state index in [-0.39, 0.29) is 10.5 Å². The largest absolute Gasteiger partial charge is 0.442 e. The van der Waals surface area contributed by atoms with Crippen LogP contribution in [0.25, 0.3) is 12.3 Å². The second-order valence-electron chi connectivity index (χ2n) is 3.14. The van der Waals surface area contributed by atoms with Gasteiger partial charge in [-0.15, -0.1) is 0 Å². The van der Waals surface area contributed by atoms with Crippen molar-refractivity contribution in [3.05, 3.63) is 17.2 Å². The standard InChI is InChI=1S/C9H12N2OS/c1-11-5-8-7(10-6-12-8)4-9(11)13(2)3/h4-6,9H,2H2,1,3H3. The highest BCUT2D eigenvalue weighted by atomic mass is 32.2. The molecule has 4 heteroatoms. The van der Waals surface area contributed by atoms with Crippen LogP contribution >= 0.6 is 10.5 Å². The van der Waals surface area contributed by atoms with E-state index in [1.807, 2.05) is 13.2 Å². The summed E-state index contributed by atoms with van der Waals surface area (Å²) in [4.78, 5) is 6.24. The van der Waals surface area contributed by atoms with E-state index in [1.165, 1.54) is 6.39 Å². The van der Waals surface area contributed by atoms with Gasteiger partial charge in [-0.1, -0.05) is 5.87 Å². The van der Waals surface area contributed by atoms with Crippen molar-refractivity contribution < 1.29 is 4.42 Å². The summed E-state index contributed by atoms with van der Waals surface area (Å²) in [7, 11) is 2.11. The summed E-state index contributed by atoms with van der Waals surface area (Å²) in [5.74, 6) is 4.05. The number of fused-ring (bicyclic) bond motifs is 1. The van der Waals surface area contributed by atoms with Crippen LogP contribution in [0, 0.1) is 0 Å². The lowest BCUT2D eigenvalue weighted by Crippen LogP contribution is -2.37. The van der Waals surface area contributed by atoms with Gasteiger partial charge in [0.05, 0.1) is 5.37 Å². The molecular formula is C9H12N2OS. The molecule has 0 radical (unpaired) electrons. The van der Waals surface area contributed by atoms with Gasteiger partial charge >= 0.3 is 0 Å². The van der Waals surface area contributed by atoms with Crippen molar-refractivity contribution in [2.45, 2.75) is 5.37 Å². The van der Waals surface area contributed by atoms with E-state index in [1.54, 1.807) is 0 Å². The minimum Gasteiger partial charge on any atom is -0.442 e. The minimum atomic E-state index is 0.0840. The summed E-state index contributed by atoms with van der Waals surface area (Å²) in [5.41, 5.74) is 0.837. The molecule has 0 aromatic carbocycles. The quantitative estimate of drug-likeness (QED) is 0.582. The zero-order valence-corrected chi connectivity index (χ0v) is 8.54. The summed E-state index contributed by atoms with van der Waals surface area (Å²) < 4.78 is 5.20. The highest BCUT2D eigenvalue weighted by Gasteiger charge is 2.13. The fourth-order valence-corrected chi connectivity index (χ4v) is 2.39. The van der Waals surface area contributed by atoms with E-state index in [9.17, 15) is 0 Å². The fourth-order valence-electron chi connectivity index (χ4n) is 1.40. The van der Waals surface area contributed by atoms with Gasteiger partial charge in [0.1, 0.15) is 5.35 Å². The Bertz CT molecular complexity index is 448. The average Bonchev–Trinajstić information content (AvgIpc) is 2.48. The molecule has 0 amide bonds. The predicted molar refractivity (Wildman–Crippen MR) is 56.9 cm³/mol. The second-order valence-corrected chi connectivity index (χ2v) is 5.01. The zero-order chi connectivity index (χ0) is 9.42. The first kappa shape index (κ1) is 8.56. The smallest absolute Gasteiger partial charge is 0.182 e. The van der Waals surface area contributed by atoms with Gasteiger partial charge in [0, 0.05) is 13.2 Å². The van der Waals surface area contributed by atoms with Crippen LogP contribution in [0.3, 0.4) is 0 Å². The fraction of sp³-hybridized carbons (Fsp3) is 0.333. The molecule has 70 valence electrons. The van der Waals surface area contributed by atoms with Crippen molar-refractivity contribution in [3.63, 3.8) is 0 Å². The van der Waals surface area contributed by atoms with Gasteiger partial charge < -0.3 is 9.32 Å². The molecule has 0 saturated heterocycles. The van der Waals surface area contributed by atoms with E-state index in [4.69, 9.17) is 4.42 Å². The Hall–Kier alpha value is -1.03. The summed E-state index contributed by atoms with van der Waals surface area (Å²) in [6, 6.07) is 0. The van der Waals surface area contributed by atoms with Gasteiger partial charge in [0.25, 0.3) is 0 Å². The molecule has 1 aliphatic rings. The van der Waals surface area contributed by atoms with Crippen LogP contribution in [0.15, 0.2) is 10.8 Å². The number of rotatable bonds is 1. The molecule has 1 aliphatic heterocycles. The minimum absolute atomic E-state index is 0.0840. The molecule has 0 saturated carbocycles. The molecule has 0 aliphatic carbocycles. The summed E-state index contributed by atoms with van der Waals surface area (Å²) in [6.07, 6.45) is 7.68. The third kappa shape index (κ3) is 1.42. The van der Waals surface area contributed by atoms with E-state index in [0.29, 0.717) is 5.37 Å². The first-order valence-electron chi connectivity index (χ1n) is 3.98. The number of hydrogen-bond donors (Lipinski definition) is 0. The highest BCUT2D eigenvalue weighted by Crippen LogP contribution is 2.19. The molecule has 1 aromatic rings. The van der Waals surface area contributed by atoms with E-state index < -0.39 is 0 Å². The maximum Gasteiger partial charge on any atom is 0.182 e. The van der Waals surface area contributed by atoms with Gasteiger partial charge in [-0.05, 0) is 12.3 Å². The van der Waals surface area contributed by atoms with Crippen molar-refractivity contribution >= 4 is 28.6 Å². The van der Waals surface area contributed by atoms with Gasteiger partial charge in [-0.2, -0.15) is 10.5 Å². The topological polar surface area (TPSA) is 29.3 Å². The van der Waals surface area contributed by atoms with E-state index in [0.717, 1.165) is 10.8 Å². The van der Waals surface area contributed by atoms with Crippen LogP contribution in [0.2, 0.25) is 0 Å². The van der Waals surface area contributed by atoms with Crippen molar-refractivity contribution in [2.75, 3.05) is 13.3 Å². The molecule has 0 spiro atoms. The number of oxazole rings is 1. The molecule has 2 atom stereocenters. The molecular weight excluding hydrogens is 184 g/mol. The SMILES string of the molecule is C=S(C)C1C=c2ncoc2=CN1C. The number of aromatic nitrogens is 1. The zero-order valence-electron chi connectivity index (χ0n) is 7.73. The maximum absolute atomic E-state index is 5.20. The predicted octanol–water partition coefficient (Wildman–Crippen LogP) is -0.205. The lowest BCUT2D eigenvalue weighted by molar-refractivity contribution is 0.479. The van der Waals surface area contributed by atoms with Gasteiger partial charge in [0.2, 0.25) is 0 Å². The van der Waals surface area contributed by atoms with E-state index in [2.05, 4.69) is 28.1 Å². The third-order valence-corrected chi connectivity index (χ3v) is 3.35. The summed E-state index contributed by atoms with van der Waals surface area (Å²) in [6.45, 7) is 0. The van der Waals surface area contributed by atoms with Crippen LogP contribution < -0.4 is 10.8 Å². The van der Waals surface area contributed by atoms with Crippen LogP contribution in [-0.2, 0) is 0 Å². The molecule has 2 unspecified atom stereocenters. The van der Waals surface area contributed by atoms with Crippen LogP contribution in [0.5, 0.6) is 0 Å². The molecule has 3 nitrogen and oxygen atoms in total. The van der Waals surface area contributed by atoms with Gasteiger partial charge in [-0.3, -0.25) is 0 Å². The molecule has 1 aromatic heterocycles. The molecule has 0 bridgehead atoms. The molecule has 0 fully saturated rings. The van der Waals surface area contributed by atoms with Crippen LogP contribution in [0.1, 0.15) is 0 Å². The average molecular weight is 196 g/mol.